The van der Waals surface area contributed by atoms with Gasteiger partial charge in [-0.25, -0.2) is 0 Å². The topological polar surface area (TPSA) is 71.1 Å². The molecule has 24 heavy (non-hydrogen) atoms. The average molecular weight is 325 g/mol. The Morgan fingerprint density at radius 3 is 2.46 bits per heavy atom. The van der Waals surface area contributed by atoms with Gasteiger partial charge >= 0.3 is 0 Å². The molecule has 2 rings (SSSR count). The summed E-state index contributed by atoms with van der Waals surface area (Å²) in [6.07, 6.45) is 3.53. The molecule has 0 saturated carbocycles. The summed E-state index contributed by atoms with van der Waals surface area (Å²) < 4.78 is 0. The van der Waals surface area contributed by atoms with E-state index < -0.39 is 6.04 Å². The van der Waals surface area contributed by atoms with Crippen LogP contribution in [0.15, 0.2) is 48.8 Å². The second kappa shape index (κ2) is 8.24. The minimum Gasteiger partial charge on any atom is -0.344 e. The molecule has 5 nitrogen and oxygen atoms in total. The molecule has 0 radical (unpaired) electrons. The van der Waals surface area contributed by atoms with Crippen LogP contribution in [0.4, 0.5) is 5.69 Å². The second-order valence-electron chi connectivity index (χ2n) is 6.13. The van der Waals surface area contributed by atoms with Gasteiger partial charge in [-0.15, -0.1) is 0 Å². The molecule has 0 aliphatic heterocycles. The summed E-state index contributed by atoms with van der Waals surface area (Å²) in [6, 6.07) is 10.7. The Morgan fingerprint density at radius 2 is 1.83 bits per heavy atom. The van der Waals surface area contributed by atoms with E-state index in [4.69, 9.17) is 0 Å². The van der Waals surface area contributed by atoms with Crippen molar-refractivity contribution in [3.63, 3.8) is 0 Å². The molecule has 2 aromatic rings. The molecule has 1 heterocycles. The van der Waals surface area contributed by atoms with Crippen molar-refractivity contribution in [3.05, 3.63) is 59.9 Å². The molecular formula is C19H23N3O2. The minimum absolute atomic E-state index is 0.0262. The number of carbonyl (C=O) groups is 2. The van der Waals surface area contributed by atoms with Gasteiger partial charge in [0.1, 0.15) is 6.04 Å². The van der Waals surface area contributed by atoms with Crippen molar-refractivity contribution in [1.29, 1.82) is 0 Å². The first-order valence-corrected chi connectivity index (χ1v) is 8.02. The molecule has 1 aromatic carbocycles. The summed E-state index contributed by atoms with van der Waals surface area (Å²) in [5, 5.41) is 5.68. The molecule has 0 fully saturated rings. The van der Waals surface area contributed by atoms with E-state index in [1.807, 2.05) is 57.2 Å². The fraction of sp³-hybridized carbons (Fsp3) is 0.316. The quantitative estimate of drug-likeness (QED) is 0.858. The first-order valence-electron chi connectivity index (χ1n) is 8.02. The van der Waals surface area contributed by atoms with Crippen LogP contribution in [0, 0.1) is 12.8 Å². The third-order valence-corrected chi connectivity index (χ3v) is 3.77. The van der Waals surface area contributed by atoms with Crippen molar-refractivity contribution in [3.8, 4) is 0 Å². The number of rotatable bonds is 6. The summed E-state index contributed by atoms with van der Waals surface area (Å²) in [4.78, 5) is 28.8. The number of benzene rings is 1. The van der Waals surface area contributed by atoms with Crippen LogP contribution in [0.1, 0.15) is 25.0 Å². The van der Waals surface area contributed by atoms with Crippen molar-refractivity contribution in [2.45, 2.75) is 33.2 Å². The van der Waals surface area contributed by atoms with Gasteiger partial charge in [0.15, 0.2) is 0 Å². The first kappa shape index (κ1) is 17.7. The summed E-state index contributed by atoms with van der Waals surface area (Å²) in [7, 11) is 0. The molecule has 1 atom stereocenters. The van der Waals surface area contributed by atoms with Gasteiger partial charge in [0, 0.05) is 6.20 Å². The van der Waals surface area contributed by atoms with Crippen LogP contribution in [0.3, 0.4) is 0 Å². The molecule has 2 amide bonds. The Bertz CT molecular complexity index is 699. The highest BCUT2D eigenvalue weighted by atomic mass is 16.2. The van der Waals surface area contributed by atoms with Crippen LogP contribution in [-0.4, -0.2) is 22.8 Å². The molecule has 0 aliphatic rings. The van der Waals surface area contributed by atoms with Crippen LogP contribution in [0.25, 0.3) is 0 Å². The minimum atomic E-state index is -0.596. The number of aromatic nitrogens is 1. The van der Waals surface area contributed by atoms with E-state index in [1.165, 1.54) is 0 Å². The highest BCUT2D eigenvalue weighted by Crippen LogP contribution is 2.13. The Morgan fingerprint density at radius 1 is 1.12 bits per heavy atom. The van der Waals surface area contributed by atoms with Crippen LogP contribution in [-0.2, 0) is 16.0 Å². The van der Waals surface area contributed by atoms with Crippen LogP contribution >= 0.6 is 0 Å². The van der Waals surface area contributed by atoms with E-state index in [2.05, 4.69) is 15.6 Å². The van der Waals surface area contributed by atoms with Gasteiger partial charge in [0.05, 0.1) is 18.3 Å². The van der Waals surface area contributed by atoms with Gasteiger partial charge in [0.2, 0.25) is 11.8 Å². The summed E-state index contributed by atoms with van der Waals surface area (Å²) in [5.74, 6) is -0.429. The van der Waals surface area contributed by atoms with E-state index in [9.17, 15) is 9.59 Å². The third-order valence-electron chi connectivity index (χ3n) is 3.77. The van der Waals surface area contributed by atoms with Gasteiger partial charge < -0.3 is 10.6 Å². The highest BCUT2D eigenvalue weighted by molar-refractivity contribution is 5.97. The molecule has 1 aromatic heterocycles. The number of aryl methyl sites for hydroxylation is 1. The maximum Gasteiger partial charge on any atom is 0.247 e. The zero-order valence-corrected chi connectivity index (χ0v) is 14.2. The number of nitrogens with zero attached hydrogens (tertiary/aromatic N) is 1. The fourth-order valence-corrected chi connectivity index (χ4v) is 2.35. The predicted molar refractivity (Wildman–Crippen MR) is 94.5 cm³/mol. The molecule has 0 bridgehead atoms. The zero-order chi connectivity index (χ0) is 17.5. The number of amides is 2. The lowest BCUT2D eigenvalue weighted by Gasteiger charge is -2.22. The molecule has 126 valence electrons. The summed E-state index contributed by atoms with van der Waals surface area (Å²) >= 11 is 0. The lowest BCUT2D eigenvalue weighted by atomic mass is 10.0. The third kappa shape index (κ3) is 4.91. The SMILES string of the molecule is Cc1ccncc1NC(=O)C(NC(=O)Cc1ccccc1)C(C)C. The standard InChI is InChI=1S/C19H23N3O2/c1-13(2)18(19(24)21-16-12-20-10-9-14(16)3)22-17(23)11-15-7-5-4-6-8-15/h4-10,12-13,18H,11H2,1-3H3,(H,21,24)(H,22,23). The monoisotopic (exact) mass is 325 g/mol. The second-order valence-corrected chi connectivity index (χ2v) is 6.13. The number of hydrogen-bond acceptors (Lipinski definition) is 3. The van der Waals surface area contributed by atoms with Crippen molar-refractivity contribution in [1.82, 2.24) is 10.3 Å². The van der Waals surface area contributed by atoms with E-state index >= 15 is 0 Å². The number of carbonyl (C=O) groups excluding carboxylic acids is 2. The Balaban J connectivity index is 2.02. The molecular weight excluding hydrogens is 302 g/mol. The summed E-state index contributed by atoms with van der Waals surface area (Å²) in [6.45, 7) is 5.71. The van der Waals surface area contributed by atoms with E-state index in [0.717, 1.165) is 11.1 Å². The smallest absolute Gasteiger partial charge is 0.247 e. The van der Waals surface area contributed by atoms with Gasteiger partial charge in [-0.05, 0) is 30.0 Å². The van der Waals surface area contributed by atoms with E-state index in [-0.39, 0.29) is 24.2 Å². The van der Waals surface area contributed by atoms with Crippen molar-refractivity contribution >= 4 is 17.5 Å². The predicted octanol–water partition coefficient (Wildman–Crippen LogP) is 2.71. The van der Waals surface area contributed by atoms with E-state index in [0.29, 0.717) is 5.69 Å². The Kier molecular flexibility index (Phi) is 6.07. The van der Waals surface area contributed by atoms with Crippen LogP contribution in [0.5, 0.6) is 0 Å². The fourth-order valence-electron chi connectivity index (χ4n) is 2.35. The van der Waals surface area contributed by atoms with Crippen LogP contribution in [0.2, 0.25) is 0 Å². The van der Waals surface area contributed by atoms with E-state index in [1.54, 1.807) is 12.4 Å². The van der Waals surface area contributed by atoms with Crippen molar-refractivity contribution in [2.75, 3.05) is 5.32 Å². The molecule has 1 unspecified atom stereocenters. The van der Waals surface area contributed by atoms with Gasteiger partial charge in [-0.2, -0.15) is 0 Å². The summed E-state index contributed by atoms with van der Waals surface area (Å²) in [5.41, 5.74) is 2.50. The van der Waals surface area contributed by atoms with Gasteiger partial charge in [-0.1, -0.05) is 44.2 Å². The lowest BCUT2D eigenvalue weighted by molar-refractivity contribution is -0.127. The molecule has 0 saturated heterocycles. The Labute approximate surface area is 142 Å². The number of nitrogens with one attached hydrogen (secondary N) is 2. The normalized spacial score (nSPS) is 11.8. The van der Waals surface area contributed by atoms with Crippen molar-refractivity contribution < 1.29 is 9.59 Å². The van der Waals surface area contributed by atoms with Crippen molar-refractivity contribution in [2.24, 2.45) is 5.92 Å². The molecule has 0 aliphatic carbocycles. The highest BCUT2D eigenvalue weighted by Gasteiger charge is 2.24. The molecule has 0 spiro atoms. The number of anilines is 1. The zero-order valence-electron chi connectivity index (χ0n) is 14.2. The van der Waals surface area contributed by atoms with Crippen LogP contribution < -0.4 is 10.6 Å². The average Bonchev–Trinajstić information content (AvgIpc) is 2.55. The van der Waals surface area contributed by atoms with Gasteiger partial charge in [0.25, 0.3) is 0 Å². The first-order chi connectivity index (χ1) is 11.5. The molecule has 5 heteroatoms. The largest absolute Gasteiger partial charge is 0.344 e. The number of pyridine rings is 1. The van der Waals surface area contributed by atoms with Gasteiger partial charge in [-0.3, -0.25) is 14.6 Å². The maximum absolute atomic E-state index is 12.5. The molecule has 2 N–H and O–H groups in total. The lowest BCUT2D eigenvalue weighted by Crippen LogP contribution is -2.47. The number of hydrogen-bond donors (Lipinski definition) is 2. The Hall–Kier alpha value is -2.69. The maximum atomic E-state index is 12.5.